The first-order chi connectivity index (χ1) is 8.13. The van der Waals surface area contributed by atoms with Gasteiger partial charge in [-0.2, -0.15) is 0 Å². The molecule has 1 aromatic rings. The van der Waals surface area contributed by atoms with Crippen molar-refractivity contribution < 1.29 is 0 Å². The molecule has 0 unspecified atom stereocenters. The highest BCUT2D eigenvalue weighted by Gasteiger charge is 2.14. The van der Waals surface area contributed by atoms with Crippen molar-refractivity contribution in [3.63, 3.8) is 0 Å². The van der Waals surface area contributed by atoms with Crippen LogP contribution in [-0.2, 0) is 6.54 Å². The lowest BCUT2D eigenvalue weighted by Crippen LogP contribution is -2.31. The smallest absolute Gasteiger partial charge is 0.0423 e. The number of anilines is 1. The molecule has 0 atom stereocenters. The van der Waals surface area contributed by atoms with E-state index in [2.05, 4.69) is 65.2 Å². The molecular formula is C14H23BrN2. The Bertz CT molecular complexity index is 348. The van der Waals surface area contributed by atoms with Gasteiger partial charge in [0.1, 0.15) is 0 Å². The van der Waals surface area contributed by atoms with E-state index < -0.39 is 0 Å². The number of hydrogen-bond acceptors (Lipinski definition) is 2. The predicted molar refractivity (Wildman–Crippen MR) is 79.7 cm³/mol. The molecule has 0 saturated heterocycles. The summed E-state index contributed by atoms with van der Waals surface area (Å²) in [5.74, 6) is 0. The zero-order valence-electron chi connectivity index (χ0n) is 11.3. The zero-order chi connectivity index (χ0) is 12.8. The Morgan fingerprint density at radius 3 is 2.47 bits per heavy atom. The zero-order valence-corrected chi connectivity index (χ0v) is 12.8. The minimum atomic E-state index is 0.611. The summed E-state index contributed by atoms with van der Waals surface area (Å²) in [7, 11) is 4.18. The highest BCUT2D eigenvalue weighted by molar-refractivity contribution is 9.10. The molecular weight excluding hydrogens is 276 g/mol. The Balaban J connectivity index is 3.04. The normalized spacial score (nSPS) is 10.9. The van der Waals surface area contributed by atoms with E-state index in [1.165, 1.54) is 24.1 Å². The molecule has 2 nitrogen and oxygen atoms in total. The highest BCUT2D eigenvalue weighted by Crippen LogP contribution is 2.27. The fourth-order valence-corrected chi connectivity index (χ4v) is 2.59. The molecule has 0 aliphatic carbocycles. The Morgan fingerprint density at radius 2 is 1.94 bits per heavy atom. The van der Waals surface area contributed by atoms with Crippen molar-refractivity contribution in [1.29, 1.82) is 0 Å². The summed E-state index contributed by atoms with van der Waals surface area (Å²) in [6, 6.07) is 7.12. The van der Waals surface area contributed by atoms with Gasteiger partial charge in [0.25, 0.3) is 0 Å². The standard InChI is InChI=1S/C14H23BrN2/c1-5-13(6-2)17(4)14-9-12(15)8-7-11(14)10-16-3/h7-9,13,16H,5-6,10H2,1-4H3. The van der Waals surface area contributed by atoms with Gasteiger partial charge < -0.3 is 10.2 Å². The summed E-state index contributed by atoms with van der Waals surface area (Å²) >= 11 is 3.56. The minimum absolute atomic E-state index is 0.611. The SMILES string of the molecule is CCC(CC)N(C)c1cc(Br)ccc1CNC. The number of nitrogens with zero attached hydrogens (tertiary/aromatic N) is 1. The summed E-state index contributed by atoms with van der Waals surface area (Å²) in [5.41, 5.74) is 2.67. The molecule has 0 spiro atoms. The van der Waals surface area contributed by atoms with Gasteiger partial charge in [-0.05, 0) is 37.6 Å². The molecule has 0 fully saturated rings. The van der Waals surface area contributed by atoms with Crippen LogP contribution in [0.15, 0.2) is 22.7 Å². The van der Waals surface area contributed by atoms with Gasteiger partial charge >= 0.3 is 0 Å². The lowest BCUT2D eigenvalue weighted by molar-refractivity contribution is 0.589. The number of hydrogen-bond donors (Lipinski definition) is 1. The molecule has 0 aliphatic rings. The van der Waals surface area contributed by atoms with E-state index in [-0.39, 0.29) is 0 Å². The van der Waals surface area contributed by atoms with E-state index in [1.807, 2.05) is 7.05 Å². The summed E-state index contributed by atoms with van der Waals surface area (Å²) in [6.45, 7) is 5.41. The molecule has 3 heteroatoms. The van der Waals surface area contributed by atoms with Gasteiger partial charge in [0, 0.05) is 29.8 Å². The van der Waals surface area contributed by atoms with E-state index in [9.17, 15) is 0 Å². The van der Waals surface area contributed by atoms with Crippen LogP contribution in [0.5, 0.6) is 0 Å². The Morgan fingerprint density at radius 1 is 1.29 bits per heavy atom. The van der Waals surface area contributed by atoms with Crippen molar-refractivity contribution >= 4 is 21.6 Å². The second-order valence-corrected chi connectivity index (χ2v) is 5.30. The fraction of sp³-hybridized carbons (Fsp3) is 0.571. The molecule has 0 heterocycles. The number of nitrogens with one attached hydrogen (secondary N) is 1. The van der Waals surface area contributed by atoms with E-state index in [0.717, 1.165) is 11.0 Å². The molecule has 0 bridgehead atoms. The van der Waals surface area contributed by atoms with Crippen LogP contribution in [0.2, 0.25) is 0 Å². The van der Waals surface area contributed by atoms with Gasteiger partial charge in [0.15, 0.2) is 0 Å². The maximum atomic E-state index is 3.56. The van der Waals surface area contributed by atoms with Crippen molar-refractivity contribution in [2.75, 3.05) is 19.0 Å². The topological polar surface area (TPSA) is 15.3 Å². The first kappa shape index (κ1) is 14.5. The van der Waals surface area contributed by atoms with Crippen LogP contribution in [0, 0.1) is 0 Å². The summed E-state index contributed by atoms with van der Waals surface area (Å²) in [6.07, 6.45) is 2.36. The second-order valence-electron chi connectivity index (χ2n) is 4.38. The summed E-state index contributed by atoms with van der Waals surface area (Å²) in [5, 5.41) is 3.23. The van der Waals surface area contributed by atoms with Crippen molar-refractivity contribution in [3.05, 3.63) is 28.2 Å². The van der Waals surface area contributed by atoms with Crippen molar-refractivity contribution in [2.45, 2.75) is 39.3 Å². The average Bonchev–Trinajstić information content (AvgIpc) is 2.33. The fourth-order valence-electron chi connectivity index (χ4n) is 2.24. The van der Waals surface area contributed by atoms with E-state index in [1.54, 1.807) is 0 Å². The Labute approximate surface area is 114 Å². The molecule has 96 valence electrons. The second kappa shape index (κ2) is 7.02. The van der Waals surface area contributed by atoms with E-state index in [4.69, 9.17) is 0 Å². The molecule has 0 radical (unpaired) electrons. The third-order valence-corrected chi connectivity index (χ3v) is 3.78. The van der Waals surface area contributed by atoms with Crippen LogP contribution in [0.4, 0.5) is 5.69 Å². The molecule has 0 aromatic heterocycles. The lowest BCUT2D eigenvalue weighted by Gasteiger charge is -2.30. The predicted octanol–water partition coefficient (Wildman–Crippen LogP) is 3.79. The van der Waals surface area contributed by atoms with Crippen molar-refractivity contribution in [3.8, 4) is 0 Å². The van der Waals surface area contributed by atoms with Crippen LogP contribution in [0.3, 0.4) is 0 Å². The van der Waals surface area contributed by atoms with Crippen LogP contribution in [0.25, 0.3) is 0 Å². The van der Waals surface area contributed by atoms with Gasteiger partial charge in [0.05, 0.1) is 0 Å². The van der Waals surface area contributed by atoms with Crippen LogP contribution >= 0.6 is 15.9 Å². The van der Waals surface area contributed by atoms with E-state index >= 15 is 0 Å². The molecule has 1 rings (SSSR count). The van der Waals surface area contributed by atoms with Gasteiger partial charge in [-0.15, -0.1) is 0 Å². The molecule has 0 aliphatic heterocycles. The monoisotopic (exact) mass is 298 g/mol. The quantitative estimate of drug-likeness (QED) is 0.859. The van der Waals surface area contributed by atoms with Crippen molar-refractivity contribution in [2.24, 2.45) is 0 Å². The molecule has 1 N–H and O–H groups in total. The third-order valence-electron chi connectivity index (χ3n) is 3.28. The molecule has 1 aromatic carbocycles. The van der Waals surface area contributed by atoms with Gasteiger partial charge in [-0.3, -0.25) is 0 Å². The van der Waals surface area contributed by atoms with Crippen LogP contribution < -0.4 is 10.2 Å². The van der Waals surface area contributed by atoms with Crippen LogP contribution in [-0.4, -0.2) is 20.1 Å². The number of benzene rings is 1. The number of rotatable bonds is 6. The first-order valence-electron chi connectivity index (χ1n) is 6.29. The average molecular weight is 299 g/mol. The molecule has 0 saturated carbocycles. The first-order valence-corrected chi connectivity index (χ1v) is 7.09. The maximum absolute atomic E-state index is 3.56. The van der Waals surface area contributed by atoms with Gasteiger partial charge in [-0.1, -0.05) is 35.8 Å². The minimum Gasteiger partial charge on any atom is -0.371 e. The Kier molecular flexibility index (Phi) is 6.00. The Hall–Kier alpha value is -0.540. The summed E-state index contributed by atoms with van der Waals surface area (Å²) in [4.78, 5) is 2.40. The number of halogens is 1. The lowest BCUT2D eigenvalue weighted by atomic mass is 10.1. The maximum Gasteiger partial charge on any atom is 0.0423 e. The third kappa shape index (κ3) is 3.71. The largest absolute Gasteiger partial charge is 0.371 e. The van der Waals surface area contributed by atoms with Crippen LogP contribution in [0.1, 0.15) is 32.3 Å². The highest BCUT2D eigenvalue weighted by atomic mass is 79.9. The molecule has 17 heavy (non-hydrogen) atoms. The molecule has 0 amide bonds. The van der Waals surface area contributed by atoms with Gasteiger partial charge in [0.2, 0.25) is 0 Å². The van der Waals surface area contributed by atoms with Crippen molar-refractivity contribution in [1.82, 2.24) is 5.32 Å². The van der Waals surface area contributed by atoms with Gasteiger partial charge in [-0.25, -0.2) is 0 Å². The summed E-state index contributed by atoms with van der Waals surface area (Å²) < 4.78 is 1.14. The van der Waals surface area contributed by atoms with E-state index in [0.29, 0.717) is 6.04 Å².